The maximum absolute atomic E-state index is 5.28. The van der Waals surface area contributed by atoms with Gasteiger partial charge in [-0.25, -0.2) is 0 Å². The average Bonchev–Trinajstić information content (AvgIpc) is 2.08. The van der Waals surface area contributed by atoms with Crippen molar-refractivity contribution < 1.29 is 13.3 Å². The molecule has 0 N–H and O–H groups in total. The van der Waals surface area contributed by atoms with Crippen LogP contribution in [-0.2, 0) is 13.3 Å². The summed E-state index contributed by atoms with van der Waals surface area (Å²) < 4.78 is 16.2. The third-order valence-corrected chi connectivity index (χ3v) is 7.65. The zero-order chi connectivity index (χ0) is 8.91. The molecule has 0 aromatic heterocycles. The molecule has 0 amide bonds. The number of alkyl halides is 1. The predicted octanol–water partition coefficient (Wildman–Crippen LogP) is 1.62. The second-order valence-corrected chi connectivity index (χ2v) is 7.90. The molecule has 0 bridgehead atoms. The first-order chi connectivity index (χ1) is 5.16. The van der Waals surface area contributed by atoms with E-state index in [-0.39, 0.29) is 0 Å². The fourth-order valence-electron chi connectivity index (χ4n) is 0.884. The maximum Gasteiger partial charge on any atom is 0.513 e. The molecule has 0 radical (unpaired) electrons. The van der Waals surface area contributed by atoms with E-state index in [9.17, 15) is 0 Å². The van der Waals surface area contributed by atoms with Crippen molar-refractivity contribution in [2.24, 2.45) is 0 Å². The van der Waals surface area contributed by atoms with Crippen LogP contribution in [0, 0.1) is 0 Å². The molecule has 0 heterocycles. The summed E-state index contributed by atoms with van der Waals surface area (Å²) in [7, 11) is 2.58. The van der Waals surface area contributed by atoms with Crippen molar-refractivity contribution in [1.29, 1.82) is 0 Å². The lowest BCUT2D eigenvalue weighted by atomic mass is 10.6. The van der Waals surface area contributed by atoms with Crippen molar-refractivity contribution in [1.82, 2.24) is 0 Å². The Morgan fingerprint density at radius 3 is 1.64 bits per heavy atom. The first kappa shape index (κ1) is 11.8. The van der Waals surface area contributed by atoms with E-state index in [4.69, 9.17) is 13.3 Å². The minimum atomic E-state index is -2.33. The van der Waals surface area contributed by atoms with E-state index < -0.39 is 8.80 Å². The van der Waals surface area contributed by atoms with Crippen molar-refractivity contribution >= 4 is 31.4 Å². The highest BCUT2D eigenvalue weighted by Crippen LogP contribution is 2.21. The van der Waals surface area contributed by atoms with E-state index in [0.717, 1.165) is 6.42 Å². The van der Waals surface area contributed by atoms with Gasteiger partial charge in [0.2, 0.25) is 0 Å². The van der Waals surface area contributed by atoms with Crippen LogP contribution in [0.4, 0.5) is 0 Å². The van der Waals surface area contributed by atoms with Gasteiger partial charge in [0.1, 0.15) is 0 Å². The second kappa shape index (κ2) is 5.47. The Balaban J connectivity index is 4.26. The fraction of sp³-hybridized carbons (Fsp3) is 1.00. The highest BCUT2D eigenvalue weighted by atomic mass is 127. The summed E-state index contributed by atoms with van der Waals surface area (Å²) >= 11 is 2.31. The molecule has 0 aliphatic heterocycles. The number of hydrogen-bond donors (Lipinski definition) is 0. The lowest BCUT2D eigenvalue weighted by molar-refractivity contribution is 0.122. The van der Waals surface area contributed by atoms with E-state index in [0.29, 0.717) is 3.55 Å². The summed E-state index contributed by atoms with van der Waals surface area (Å²) in [5.74, 6) is 0. The second-order valence-electron chi connectivity index (χ2n) is 2.09. The standard InChI is InChI=1S/C6H15IO3Si/c1-5-6(7)11(8-2,9-3)10-4/h6H,5H2,1-4H3. The minimum Gasteiger partial charge on any atom is -0.376 e. The number of rotatable bonds is 5. The summed E-state index contributed by atoms with van der Waals surface area (Å²) in [5.41, 5.74) is 0. The normalized spacial score (nSPS) is 15.0. The van der Waals surface area contributed by atoms with Gasteiger partial charge in [-0.05, 0) is 6.42 Å². The summed E-state index contributed by atoms with van der Waals surface area (Å²) in [6.07, 6.45) is 1.00. The van der Waals surface area contributed by atoms with E-state index >= 15 is 0 Å². The molecule has 0 spiro atoms. The first-order valence-corrected chi connectivity index (χ1v) is 6.51. The smallest absolute Gasteiger partial charge is 0.376 e. The van der Waals surface area contributed by atoms with Gasteiger partial charge in [0.25, 0.3) is 0 Å². The molecule has 0 aromatic rings. The van der Waals surface area contributed by atoms with Gasteiger partial charge in [0.05, 0.1) is 3.55 Å². The molecule has 0 saturated heterocycles. The van der Waals surface area contributed by atoms with Crippen molar-refractivity contribution in [2.75, 3.05) is 21.3 Å². The van der Waals surface area contributed by atoms with Crippen LogP contribution in [0.15, 0.2) is 0 Å². The molecule has 68 valence electrons. The Morgan fingerprint density at radius 1 is 1.18 bits per heavy atom. The van der Waals surface area contributed by atoms with Crippen molar-refractivity contribution in [3.8, 4) is 0 Å². The maximum atomic E-state index is 5.28. The van der Waals surface area contributed by atoms with Crippen LogP contribution in [0.1, 0.15) is 13.3 Å². The summed E-state index contributed by atoms with van der Waals surface area (Å²) in [4.78, 5) is 0. The quantitative estimate of drug-likeness (QED) is 0.437. The molecule has 0 aliphatic rings. The molecule has 1 atom stereocenters. The van der Waals surface area contributed by atoms with Gasteiger partial charge in [0, 0.05) is 21.3 Å². The minimum absolute atomic E-state index is 0.333. The lowest BCUT2D eigenvalue weighted by Gasteiger charge is -2.28. The molecular weight excluding hydrogens is 275 g/mol. The largest absolute Gasteiger partial charge is 0.513 e. The van der Waals surface area contributed by atoms with Crippen LogP contribution in [0.25, 0.3) is 0 Å². The van der Waals surface area contributed by atoms with Gasteiger partial charge in [-0.15, -0.1) is 0 Å². The number of halogens is 1. The van der Waals surface area contributed by atoms with Gasteiger partial charge in [-0.2, -0.15) is 0 Å². The van der Waals surface area contributed by atoms with Crippen molar-refractivity contribution in [3.63, 3.8) is 0 Å². The summed E-state index contributed by atoms with van der Waals surface area (Å²) in [5, 5.41) is 0. The molecule has 11 heavy (non-hydrogen) atoms. The first-order valence-electron chi connectivity index (χ1n) is 3.46. The molecule has 1 unspecified atom stereocenters. The van der Waals surface area contributed by atoms with Gasteiger partial charge in [-0.1, -0.05) is 29.5 Å². The molecule has 3 nitrogen and oxygen atoms in total. The van der Waals surface area contributed by atoms with Crippen LogP contribution in [0.2, 0.25) is 0 Å². The third kappa shape index (κ3) is 2.65. The molecule has 5 heteroatoms. The molecule has 0 aromatic carbocycles. The van der Waals surface area contributed by atoms with E-state index in [1.165, 1.54) is 0 Å². The number of hydrogen-bond acceptors (Lipinski definition) is 3. The van der Waals surface area contributed by atoms with Crippen LogP contribution in [0.3, 0.4) is 0 Å². The molecule has 0 saturated carbocycles. The summed E-state index contributed by atoms with van der Waals surface area (Å²) in [6, 6.07) is 0. The Labute approximate surface area is 82.9 Å². The van der Waals surface area contributed by atoms with Crippen molar-refractivity contribution in [2.45, 2.75) is 16.9 Å². The Hall–Kier alpha value is 0.827. The van der Waals surface area contributed by atoms with E-state index in [1.807, 2.05) is 0 Å². The van der Waals surface area contributed by atoms with Crippen LogP contribution >= 0.6 is 22.6 Å². The van der Waals surface area contributed by atoms with Gasteiger partial charge in [0.15, 0.2) is 0 Å². The van der Waals surface area contributed by atoms with Gasteiger partial charge in [-0.3, -0.25) is 0 Å². The Kier molecular flexibility index (Phi) is 5.88. The SMILES string of the molecule is CCC(I)[Si](OC)(OC)OC. The molecular formula is C6H15IO3Si. The van der Waals surface area contributed by atoms with Crippen molar-refractivity contribution in [3.05, 3.63) is 0 Å². The van der Waals surface area contributed by atoms with Gasteiger partial charge < -0.3 is 13.3 Å². The highest BCUT2D eigenvalue weighted by molar-refractivity contribution is 14.1. The van der Waals surface area contributed by atoms with E-state index in [1.54, 1.807) is 21.3 Å². The lowest BCUT2D eigenvalue weighted by Crippen LogP contribution is -2.51. The topological polar surface area (TPSA) is 27.7 Å². The van der Waals surface area contributed by atoms with Crippen LogP contribution in [0.5, 0.6) is 0 Å². The third-order valence-electron chi connectivity index (χ3n) is 1.60. The Morgan fingerprint density at radius 2 is 1.55 bits per heavy atom. The van der Waals surface area contributed by atoms with E-state index in [2.05, 4.69) is 29.5 Å². The Bertz CT molecular complexity index is 99.7. The zero-order valence-electron chi connectivity index (χ0n) is 7.39. The highest BCUT2D eigenvalue weighted by Gasteiger charge is 2.44. The molecule has 0 aliphatic carbocycles. The van der Waals surface area contributed by atoms with Crippen LogP contribution in [-0.4, -0.2) is 33.7 Å². The average molecular weight is 290 g/mol. The summed E-state index contributed by atoms with van der Waals surface area (Å²) in [6.45, 7) is 2.09. The fourth-order valence-corrected chi connectivity index (χ4v) is 4.94. The molecule has 0 rings (SSSR count). The van der Waals surface area contributed by atoms with Crippen LogP contribution < -0.4 is 0 Å². The predicted molar refractivity (Wildman–Crippen MR) is 54.9 cm³/mol. The zero-order valence-corrected chi connectivity index (χ0v) is 10.5. The monoisotopic (exact) mass is 290 g/mol. The molecule has 0 fully saturated rings. The van der Waals surface area contributed by atoms with Gasteiger partial charge >= 0.3 is 8.80 Å².